The summed E-state index contributed by atoms with van der Waals surface area (Å²) in [6.45, 7) is 9.99. The van der Waals surface area contributed by atoms with Gasteiger partial charge in [-0.2, -0.15) is 0 Å². The summed E-state index contributed by atoms with van der Waals surface area (Å²) in [4.78, 5) is 31.7. The third kappa shape index (κ3) is 4.14. The van der Waals surface area contributed by atoms with Crippen LogP contribution < -0.4 is 10.9 Å². The molecule has 2 heterocycles. The maximum atomic E-state index is 12.9. The van der Waals surface area contributed by atoms with Crippen LogP contribution in [0.2, 0.25) is 0 Å². The lowest BCUT2D eigenvalue weighted by Crippen LogP contribution is -2.23. The molecule has 1 aromatic carbocycles. The molecule has 0 fully saturated rings. The van der Waals surface area contributed by atoms with E-state index in [4.69, 9.17) is 0 Å². The molecule has 0 radical (unpaired) electrons. The van der Waals surface area contributed by atoms with Crippen molar-refractivity contribution in [1.29, 1.82) is 0 Å². The minimum absolute atomic E-state index is 0.0802. The molecule has 0 bridgehead atoms. The summed E-state index contributed by atoms with van der Waals surface area (Å²) in [6, 6.07) is 7.64. The number of fused-ring (bicyclic) bond motifs is 1. The highest BCUT2D eigenvalue weighted by Gasteiger charge is 2.17. The van der Waals surface area contributed by atoms with Gasteiger partial charge in [-0.05, 0) is 44.0 Å². The van der Waals surface area contributed by atoms with E-state index in [9.17, 15) is 9.59 Å². The fourth-order valence-electron chi connectivity index (χ4n) is 2.76. The van der Waals surface area contributed by atoms with Crippen LogP contribution in [0.15, 0.2) is 46.9 Å². The van der Waals surface area contributed by atoms with Gasteiger partial charge in [0.15, 0.2) is 5.16 Å². The zero-order chi connectivity index (χ0) is 19.6. The Hall–Kier alpha value is -2.38. The number of allylic oxidation sites excluding steroid dienone is 1. The summed E-state index contributed by atoms with van der Waals surface area (Å²) in [6.07, 6.45) is 1.67. The number of aromatic nitrogens is 2. The second-order valence-electron chi connectivity index (χ2n) is 6.27. The highest BCUT2D eigenvalue weighted by molar-refractivity contribution is 7.99. The van der Waals surface area contributed by atoms with E-state index < -0.39 is 0 Å². The molecule has 7 heteroatoms. The normalized spacial score (nSPS) is 10.9. The van der Waals surface area contributed by atoms with Crippen molar-refractivity contribution in [2.24, 2.45) is 0 Å². The molecule has 0 saturated heterocycles. The van der Waals surface area contributed by atoms with Gasteiger partial charge in [-0.1, -0.05) is 30.0 Å². The van der Waals surface area contributed by atoms with Gasteiger partial charge in [-0.3, -0.25) is 14.2 Å². The fourth-order valence-corrected chi connectivity index (χ4v) is 4.64. The maximum absolute atomic E-state index is 12.9. The third-order valence-corrected chi connectivity index (χ3v) is 6.28. The quantitative estimate of drug-likeness (QED) is 0.381. The average Bonchev–Trinajstić information content (AvgIpc) is 2.90. The van der Waals surface area contributed by atoms with Crippen molar-refractivity contribution in [2.75, 3.05) is 11.1 Å². The van der Waals surface area contributed by atoms with Crippen molar-refractivity contribution in [3.63, 3.8) is 0 Å². The third-order valence-electron chi connectivity index (χ3n) is 4.20. The number of carbonyl (C=O) groups is 1. The molecule has 3 aromatic rings. The topological polar surface area (TPSA) is 64.0 Å². The molecule has 1 amide bonds. The van der Waals surface area contributed by atoms with Crippen LogP contribution in [-0.2, 0) is 11.3 Å². The van der Waals surface area contributed by atoms with Crippen molar-refractivity contribution in [3.05, 3.63) is 63.3 Å². The Kier molecular flexibility index (Phi) is 5.82. The molecule has 0 spiro atoms. The lowest BCUT2D eigenvalue weighted by Gasteiger charge is -2.10. The van der Waals surface area contributed by atoms with Gasteiger partial charge in [-0.15, -0.1) is 17.9 Å². The van der Waals surface area contributed by atoms with Crippen molar-refractivity contribution in [3.8, 4) is 0 Å². The van der Waals surface area contributed by atoms with Crippen molar-refractivity contribution >= 4 is 44.9 Å². The van der Waals surface area contributed by atoms with Crippen LogP contribution in [0.3, 0.4) is 0 Å². The van der Waals surface area contributed by atoms with E-state index >= 15 is 0 Å². The van der Waals surface area contributed by atoms with E-state index in [1.54, 1.807) is 10.6 Å². The van der Waals surface area contributed by atoms with Crippen LogP contribution in [0.25, 0.3) is 10.2 Å². The number of aryl methyl sites for hydroxylation is 3. The number of anilines is 1. The zero-order valence-electron chi connectivity index (χ0n) is 15.5. The highest BCUT2D eigenvalue weighted by atomic mass is 32.2. The van der Waals surface area contributed by atoms with Gasteiger partial charge in [0.1, 0.15) is 4.83 Å². The molecule has 0 atom stereocenters. The molecular weight excluding hydrogens is 378 g/mol. The Bertz CT molecular complexity index is 1080. The molecule has 0 aliphatic carbocycles. The van der Waals surface area contributed by atoms with Gasteiger partial charge in [0.05, 0.1) is 11.1 Å². The van der Waals surface area contributed by atoms with Crippen LogP contribution in [-0.4, -0.2) is 21.2 Å². The molecule has 140 valence electrons. The Balaban J connectivity index is 1.85. The monoisotopic (exact) mass is 399 g/mol. The molecule has 0 aliphatic rings. The number of thioether (sulfide) groups is 1. The van der Waals surface area contributed by atoms with Gasteiger partial charge in [-0.25, -0.2) is 4.98 Å². The molecule has 0 aliphatic heterocycles. The standard InChI is InChI=1S/C20H21N3O2S2/c1-5-9-23-19(25)17-13(3)14(4)27-18(17)22-20(23)26-11-16(24)21-15-8-6-7-12(2)10-15/h5-8,10H,1,9,11H2,2-4H3,(H,21,24). The van der Waals surface area contributed by atoms with Crippen LogP contribution >= 0.6 is 23.1 Å². The summed E-state index contributed by atoms with van der Waals surface area (Å²) in [5.41, 5.74) is 2.73. The minimum Gasteiger partial charge on any atom is -0.325 e. The predicted octanol–water partition coefficient (Wildman–Crippen LogP) is 4.30. The van der Waals surface area contributed by atoms with Crippen LogP contribution in [0, 0.1) is 20.8 Å². The lowest BCUT2D eigenvalue weighted by atomic mass is 10.2. The summed E-state index contributed by atoms with van der Waals surface area (Å²) in [5.74, 6) is 0.0375. The lowest BCUT2D eigenvalue weighted by molar-refractivity contribution is -0.113. The highest BCUT2D eigenvalue weighted by Crippen LogP contribution is 2.28. The molecular formula is C20H21N3O2S2. The van der Waals surface area contributed by atoms with Crippen molar-refractivity contribution in [1.82, 2.24) is 9.55 Å². The Labute approximate surface area is 166 Å². The van der Waals surface area contributed by atoms with Gasteiger partial charge in [0.25, 0.3) is 5.56 Å². The number of carbonyl (C=O) groups excluding carboxylic acids is 1. The van der Waals surface area contributed by atoms with Crippen molar-refractivity contribution < 1.29 is 4.79 Å². The van der Waals surface area contributed by atoms with Crippen LogP contribution in [0.1, 0.15) is 16.0 Å². The van der Waals surface area contributed by atoms with Crippen LogP contribution in [0.5, 0.6) is 0 Å². The van der Waals surface area contributed by atoms with E-state index in [0.29, 0.717) is 17.1 Å². The largest absolute Gasteiger partial charge is 0.325 e. The van der Waals surface area contributed by atoms with E-state index in [0.717, 1.165) is 26.5 Å². The molecule has 1 N–H and O–H groups in total. The first-order valence-corrected chi connectivity index (χ1v) is 10.3. The summed E-state index contributed by atoms with van der Waals surface area (Å²) >= 11 is 2.77. The SMILES string of the molecule is C=CCn1c(SCC(=O)Nc2cccc(C)c2)nc2sc(C)c(C)c2c1=O. The number of amides is 1. The fraction of sp³-hybridized carbons (Fsp3) is 0.250. The number of nitrogens with zero attached hydrogens (tertiary/aromatic N) is 2. The first-order chi connectivity index (χ1) is 12.9. The number of thiophene rings is 1. The number of hydrogen-bond donors (Lipinski definition) is 1. The first kappa shape index (κ1) is 19.4. The summed E-state index contributed by atoms with van der Waals surface area (Å²) in [5, 5.41) is 4.07. The number of benzene rings is 1. The molecule has 0 unspecified atom stereocenters. The van der Waals surface area contributed by atoms with Gasteiger partial charge < -0.3 is 5.32 Å². The summed E-state index contributed by atoms with van der Waals surface area (Å²) < 4.78 is 1.58. The Morgan fingerprint density at radius 2 is 2.15 bits per heavy atom. The molecule has 0 saturated carbocycles. The van der Waals surface area contributed by atoms with Gasteiger partial charge in [0, 0.05) is 17.1 Å². The van der Waals surface area contributed by atoms with Crippen molar-refractivity contribution in [2.45, 2.75) is 32.5 Å². The first-order valence-electron chi connectivity index (χ1n) is 8.51. The van der Waals surface area contributed by atoms with E-state index in [1.165, 1.54) is 23.1 Å². The summed E-state index contributed by atoms with van der Waals surface area (Å²) in [7, 11) is 0. The van der Waals surface area contributed by atoms with E-state index in [2.05, 4.69) is 16.9 Å². The minimum atomic E-state index is -0.136. The predicted molar refractivity (Wildman–Crippen MR) is 114 cm³/mol. The number of rotatable bonds is 6. The number of nitrogens with one attached hydrogen (secondary N) is 1. The molecule has 3 rings (SSSR count). The Morgan fingerprint density at radius 3 is 2.85 bits per heavy atom. The Morgan fingerprint density at radius 1 is 1.37 bits per heavy atom. The van der Waals surface area contributed by atoms with E-state index in [-0.39, 0.29) is 17.2 Å². The number of hydrogen-bond acceptors (Lipinski definition) is 5. The van der Waals surface area contributed by atoms with Crippen LogP contribution in [0.4, 0.5) is 5.69 Å². The second kappa shape index (κ2) is 8.10. The molecule has 5 nitrogen and oxygen atoms in total. The maximum Gasteiger partial charge on any atom is 0.263 e. The average molecular weight is 400 g/mol. The van der Waals surface area contributed by atoms with Gasteiger partial charge >= 0.3 is 0 Å². The smallest absolute Gasteiger partial charge is 0.263 e. The van der Waals surface area contributed by atoms with Gasteiger partial charge in [0.2, 0.25) is 5.91 Å². The zero-order valence-corrected chi connectivity index (χ0v) is 17.2. The molecule has 27 heavy (non-hydrogen) atoms. The van der Waals surface area contributed by atoms with E-state index in [1.807, 2.05) is 45.0 Å². The second-order valence-corrected chi connectivity index (χ2v) is 8.41. The molecule has 2 aromatic heterocycles.